The maximum Gasteiger partial charge on any atom is 0.361 e. The summed E-state index contributed by atoms with van der Waals surface area (Å²) in [6, 6.07) is 12.4. The molecule has 0 aromatic heterocycles. The Hall–Kier alpha value is -4.22. The molecular weight excluding hydrogens is 560 g/mol. The van der Waals surface area contributed by atoms with Gasteiger partial charge in [-0.15, -0.1) is 0 Å². The summed E-state index contributed by atoms with van der Waals surface area (Å²) in [6.07, 6.45) is 4.58. The zero-order valence-electron chi connectivity index (χ0n) is 24.2. The topological polar surface area (TPSA) is 155 Å². The van der Waals surface area contributed by atoms with Gasteiger partial charge in [0.15, 0.2) is 17.8 Å². The summed E-state index contributed by atoms with van der Waals surface area (Å²) in [7, 11) is 2.99. The molecule has 2 aliphatic rings. The third-order valence-corrected chi connectivity index (χ3v) is 8.24. The van der Waals surface area contributed by atoms with Crippen molar-refractivity contribution in [3.05, 3.63) is 72.2 Å². The molecule has 4 unspecified atom stereocenters. The van der Waals surface area contributed by atoms with Crippen molar-refractivity contribution in [3.8, 4) is 11.5 Å². The van der Waals surface area contributed by atoms with Crippen LogP contribution in [-0.2, 0) is 24.1 Å². The number of carbonyl (C=O) groups excluding carboxylic acids is 4. The first-order valence-corrected chi connectivity index (χ1v) is 14.2. The largest absolute Gasteiger partial charge is 0.497 e. The van der Waals surface area contributed by atoms with Gasteiger partial charge in [-0.2, -0.15) is 0 Å². The Bertz CT molecular complexity index is 1330. The van der Waals surface area contributed by atoms with Crippen molar-refractivity contribution >= 4 is 23.5 Å². The number of methoxy groups -OCH3 is 2. The highest BCUT2D eigenvalue weighted by Crippen LogP contribution is 2.39. The second kappa shape index (κ2) is 13.8. The lowest BCUT2D eigenvalue weighted by atomic mass is 9.71. The van der Waals surface area contributed by atoms with Crippen molar-refractivity contribution < 1.29 is 53.4 Å². The maximum atomic E-state index is 13.2. The Labute approximate surface area is 249 Å². The monoisotopic (exact) mass is 596 g/mol. The normalized spacial score (nSPS) is 25.4. The number of Topliss-reactive ketones (excluding diaryl/α,β-unsaturated/α-hetero) is 2. The molecule has 0 radical (unpaired) electrons. The fourth-order valence-corrected chi connectivity index (χ4v) is 5.80. The van der Waals surface area contributed by atoms with Crippen LogP contribution in [0.4, 0.5) is 0 Å². The van der Waals surface area contributed by atoms with E-state index in [1.54, 1.807) is 24.3 Å². The van der Waals surface area contributed by atoms with Gasteiger partial charge in [-0.1, -0.05) is 25.7 Å². The number of hydrogen-bond acceptors (Lipinski definition) is 11. The molecule has 0 bridgehead atoms. The summed E-state index contributed by atoms with van der Waals surface area (Å²) in [6.45, 7) is 0. The number of hydrogen-bond donors (Lipinski definition) is 2. The van der Waals surface area contributed by atoms with Crippen LogP contribution in [-0.4, -0.2) is 59.1 Å². The Morgan fingerprint density at radius 2 is 1.12 bits per heavy atom. The summed E-state index contributed by atoms with van der Waals surface area (Å²) in [5, 5.41) is 22.6. The smallest absolute Gasteiger partial charge is 0.361 e. The van der Waals surface area contributed by atoms with Crippen molar-refractivity contribution in [2.24, 2.45) is 11.8 Å². The quantitative estimate of drug-likeness (QED) is 0.127. The number of ketones is 2. The molecule has 0 spiro atoms. The third-order valence-electron chi connectivity index (χ3n) is 8.24. The molecule has 2 aliphatic carbocycles. The number of benzene rings is 2. The Kier molecular flexibility index (Phi) is 10.2. The molecule has 2 saturated carbocycles. The van der Waals surface area contributed by atoms with Gasteiger partial charge in [-0.3, -0.25) is 24.2 Å². The van der Waals surface area contributed by atoms with Gasteiger partial charge in [-0.05, 0) is 74.2 Å². The van der Waals surface area contributed by atoms with Crippen LogP contribution in [0, 0.1) is 11.8 Å². The van der Waals surface area contributed by atoms with Gasteiger partial charge >= 0.3 is 11.9 Å². The predicted octanol–water partition coefficient (Wildman–Crippen LogP) is 4.10. The van der Waals surface area contributed by atoms with Gasteiger partial charge in [0.05, 0.1) is 26.1 Å². The van der Waals surface area contributed by atoms with E-state index in [-0.39, 0.29) is 36.8 Å². The van der Waals surface area contributed by atoms with Gasteiger partial charge in [-0.25, -0.2) is 4.79 Å². The summed E-state index contributed by atoms with van der Waals surface area (Å²) >= 11 is 0. The van der Waals surface area contributed by atoms with Gasteiger partial charge < -0.3 is 24.4 Å². The average molecular weight is 597 g/mol. The molecule has 2 aromatic rings. The summed E-state index contributed by atoms with van der Waals surface area (Å²) in [4.78, 5) is 61.7. The summed E-state index contributed by atoms with van der Waals surface area (Å²) < 4.78 is 15.3. The molecule has 0 amide bonds. The second-order valence-corrected chi connectivity index (χ2v) is 10.8. The van der Waals surface area contributed by atoms with E-state index in [0.29, 0.717) is 37.2 Å². The van der Waals surface area contributed by atoms with Crippen molar-refractivity contribution in [2.75, 3.05) is 14.2 Å². The summed E-state index contributed by atoms with van der Waals surface area (Å²) in [5.74, 6) is -4.20. The number of carbonyl (C=O) groups is 4. The molecule has 43 heavy (non-hydrogen) atoms. The van der Waals surface area contributed by atoms with Gasteiger partial charge in [0.1, 0.15) is 29.0 Å². The minimum atomic E-state index is -1.98. The van der Waals surface area contributed by atoms with Gasteiger partial charge in [0, 0.05) is 11.1 Å². The van der Waals surface area contributed by atoms with Crippen LogP contribution in [0.15, 0.2) is 61.1 Å². The van der Waals surface area contributed by atoms with E-state index in [1.807, 2.05) is 0 Å². The maximum absolute atomic E-state index is 13.2. The fraction of sp³-hybridized carbons (Fsp3) is 0.438. The van der Waals surface area contributed by atoms with E-state index in [0.717, 1.165) is 12.5 Å². The van der Waals surface area contributed by atoms with Crippen molar-refractivity contribution in [1.82, 2.24) is 0 Å². The number of ether oxygens (including phenoxy) is 3. The Morgan fingerprint density at radius 1 is 0.674 bits per heavy atom. The molecule has 2 N–H and O–H groups in total. The second-order valence-electron chi connectivity index (χ2n) is 10.8. The van der Waals surface area contributed by atoms with E-state index >= 15 is 0 Å². The van der Waals surface area contributed by atoms with Crippen LogP contribution in [0.3, 0.4) is 0 Å². The fourth-order valence-electron chi connectivity index (χ4n) is 5.80. The number of esters is 1. The molecule has 230 valence electrons. The molecule has 0 heterocycles. The highest BCUT2D eigenvalue weighted by atomic mass is 17.2. The first-order valence-electron chi connectivity index (χ1n) is 14.2. The Balaban J connectivity index is 1.34. The van der Waals surface area contributed by atoms with Crippen LogP contribution in [0.25, 0.3) is 0 Å². The lowest BCUT2D eigenvalue weighted by Gasteiger charge is -2.36. The number of aliphatic hydroxyl groups is 2. The average Bonchev–Trinajstić information content (AvgIpc) is 3.04. The van der Waals surface area contributed by atoms with Crippen LogP contribution in [0.5, 0.6) is 11.5 Å². The van der Waals surface area contributed by atoms with E-state index in [2.05, 4.69) is 0 Å². The van der Waals surface area contributed by atoms with Crippen molar-refractivity contribution in [2.45, 2.75) is 62.6 Å². The third kappa shape index (κ3) is 6.89. The van der Waals surface area contributed by atoms with Crippen LogP contribution >= 0.6 is 0 Å². The van der Waals surface area contributed by atoms with Crippen molar-refractivity contribution in [1.29, 1.82) is 0 Å². The molecule has 0 aliphatic heterocycles. The highest BCUT2D eigenvalue weighted by Gasteiger charge is 2.51. The molecular formula is C32H36O11. The van der Waals surface area contributed by atoms with Crippen molar-refractivity contribution in [3.63, 3.8) is 0 Å². The minimum absolute atomic E-state index is 0.0740. The lowest BCUT2D eigenvalue weighted by molar-refractivity contribution is -0.249. The van der Waals surface area contributed by atoms with Crippen LogP contribution in [0.2, 0.25) is 0 Å². The SMILES string of the molecule is COc1ccc(C(=O)C2(O)CCCCC2C(=O)O/C=C\OOC(=O)C2CCCCC2(O)C(=O)c2ccc(OC)cc2)cc1. The first kappa shape index (κ1) is 31.7. The molecule has 2 fully saturated rings. The zero-order chi connectivity index (χ0) is 31.0. The standard InChI is InChI=1S/C32H36O11/c1-39-23-13-9-21(10-14-23)27(33)31(37)17-5-3-7-25(31)29(35)41-19-20-42-43-30(36)26-8-4-6-18-32(26,38)28(34)22-11-15-24(40-2)16-12-22/h9-16,19-20,25-26,37-38H,3-8,17-18H2,1-2H3/b20-19-. The zero-order valence-corrected chi connectivity index (χ0v) is 24.2. The highest BCUT2D eigenvalue weighted by molar-refractivity contribution is 6.05. The molecule has 11 heteroatoms. The van der Waals surface area contributed by atoms with Gasteiger partial charge in [0.25, 0.3) is 0 Å². The Morgan fingerprint density at radius 3 is 1.56 bits per heavy atom. The predicted molar refractivity (Wildman–Crippen MR) is 151 cm³/mol. The van der Waals surface area contributed by atoms with E-state index in [1.165, 1.54) is 38.5 Å². The lowest BCUT2D eigenvalue weighted by Crippen LogP contribution is -2.51. The molecule has 4 atom stereocenters. The molecule has 4 rings (SSSR count). The number of rotatable bonds is 11. The van der Waals surface area contributed by atoms with E-state index in [9.17, 15) is 29.4 Å². The van der Waals surface area contributed by atoms with E-state index in [4.69, 9.17) is 24.0 Å². The molecule has 11 nitrogen and oxygen atoms in total. The van der Waals surface area contributed by atoms with E-state index < -0.39 is 46.5 Å². The molecule has 0 saturated heterocycles. The molecule has 2 aromatic carbocycles. The first-order chi connectivity index (χ1) is 20.6. The summed E-state index contributed by atoms with van der Waals surface area (Å²) in [5.41, 5.74) is -3.47. The van der Waals surface area contributed by atoms with Crippen LogP contribution in [0.1, 0.15) is 72.1 Å². The van der Waals surface area contributed by atoms with Gasteiger partial charge in [0.2, 0.25) is 0 Å². The van der Waals surface area contributed by atoms with Crippen LogP contribution < -0.4 is 9.47 Å². The minimum Gasteiger partial charge on any atom is -0.497 e.